The van der Waals surface area contributed by atoms with Gasteiger partial charge in [-0.3, -0.25) is 9.78 Å². The van der Waals surface area contributed by atoms with Crippen molar-refractivity contribution in [3.05, 3.63) is 89.8 Å². The topological polar surface area (TPSA) is 63.6 Å². The van der Waals surface area contributed by atoms with Crippen molar-refractivity contribution in [3.8, 4) is 5.75 Å². The van der Waals surface area contributed by atoms with Gasteiger partial charge < -0.3 is 4.74 Å². The van der Waals surface area contributed by atoms with Crippen LogP contribution in [0.1, 0.15) is 21.5 Å². The maximum atomic E-state index is 12.0. The van der Waals surface area contributed by atoms with Crippen molar-refractivity contribution < 1.29 is 9.53 Å². The fourth-order valence-electron chi connectivity index (χ4n) is 2.29. The molecule has 0 saturated carbocycles. The van der Waals surface area contributed by atoms with Gasteiger partial charge >= 0.3 is 0 Å². The average molecular weight is 618 g/mol. The number of ether oxygens (including phenoxy) is 1. The number of hydrazone groups is 1. The molecular formula is C20H14ClI2N3O2. The SMILES string of the molecule is O=C(N/N=C\c1cc(I)c(OCc2ccccc2Cl)c(I)c1)c1ccncc1. The zero-order valence-corrected chi connectivity index (χ0v) is 19.5. The standard InChI is InChI=1S/C20H14ClI2N3O2/c21-16-4-2-1-3-15(16)12-28-19-17(22)9-13(10-18(19)23)11-25-26-20(27)14-5-7-24-8-6-14/h1-11H,12H2,(H,26,27)/b25-11-. The number of hydrogen-bond acceptors (Lipinski definition) is 4. The number of pyridine rings is 1. The van der Waals surface area contributed by atoms with Crippen LogP contribution in [0.5, 0.6) is 5.75 Å². The minimum absolute atomic E-state index is 0.289. The molecular weight excluding hydrogens is 603 g/mol. The molecule has 1 heterocycles. The number of nitrogens with zero attached hydrogens (tertiary/aromatic N) is 2. The monoisotopic (exact) mass is 617 g/mol. The van der Waals surface area contributed by atoms with Gasteiger partial charge in [-0.2, -0.15) is 5.10 Å². The third-order valence-electron chi connectivity index (χ3n) is 3.67. The van der Waals surface area contributed by atoms with Crippen LogP contribution in [0.4, 0.5) is 0 Å². The maximum Gasteiger partial charge on any atom is 0.271 e. The molecule has 2 aromatic carbocycles. The number of nitrogens with one attached hydrogen (secondary N) is 1. The van der Waals surface area contributed by atoms with Crippen LogP contribution in [-0.2, 0) is 6.61 Å². The van der Waals surface area contributed by atoms with Gasteiger partial charge in [-0.05, 0) is 81.1 Å². The van der Waals surface area contributed by atoms with Crippen molar-refractivity contribution in [1.29, 1.82) is 0 Å². The summed E-state index contributed by atoms with van der Waals surface area (Å²) >= 11 is 10.6. The quantitative estimate of drug-likeness (QED) is 0.233. The van der Waals surface area contributed by atoms with E-state index in [1.165, 1.54) is 0 Å². The Morgan fingerprint density at radius 1 is 1.14 bits per heavy atom. The third-order valence-corrected chi connectivity index (χ3v) is 5.64. The van der Waals surface area contributed by atoms with Crippen LogP contribution in [-0.4, -0.2) is 17.1 Å². The van der Waals surface area contributed by atoms with Crippen LogP contribution in [0.3, 0.4) is 0 Å². The molecule has 1 aromatic heterocycles. The van der Waals surface area contributed by atoms with E-state index in [1.807, 2.05) is 36.4 Å². The number of carbonyl (C=O) groups is 1. The summed E-state index contributed by atoms with van der Waals surface area (Å²) in [6.07, 6.45) is 4.72. The average Bonchev–Trinajstić information content (AvgIpc) is 2.69. The fourth-order valence-corrected chi connectivity index (χ4v) is 4.61. The number of amides is 1. The van der Waals surface area contributed by atoms with Crippen LogP contribution in [0, 0.1) is 7.14 Å². The Kier molecular flexibility index (Phi) is 7.63. The van der Waals surface area contributed by atoms with Crippen molar-refractivity contribution in [1.82, 2.24) is 10.4 Å². The Balaban J connectivity index is 1.66. The molecule has 142 valence electrons. The van der Waals surface area contributed by atoms with E-state index in [4.69, 9.17) is 16.3 Å². The zero-order valence-electron chi connectivity index (χ0n) is 14.4. The molecule has 0 bridgehead atoms. The molecule has 1 N–H and O–H groups in total. The number of carbonyl (C=O) groups excluding carboxylic acids is 1. The Labute approximate surface area is 194 Å². The van der Waals surface area contributed by atoms with Crippen molar-refractivity contribution in [2.45, 2.75) is 6.61 Å². The molecule has 0 atom stereocenters. The Morgan fingerprint density at radius 2 is 1.82 bits per heavy atom. The van der Waals surface area contributed by atoms with Crippen molar-refractivity contribution in [2.75, 3.05) is 0 Å². The molecule has 3 rings (SSSR count). The second-order valence-electron chi connectivity index (χ2n) is 5.63. The van der Waals surface area contributed by atoms with Crippen LogP contribution < -0.4 is 10.2 Å². The normalized spacial score (nSPS) is 10.8. The Hall–Kier alpha value is -1.72. The zero-order chi connectivity index (χ0) is 19.9. The molecule has 0 saturated heterocycles. The highest BCUT2D eigenvalue weighted by Gasteiger charge is 2.10. The molecule has 0 spiro atoms. The summed E-state index contributed by atoms with van der Waals surface area (Å²) < 4.78 is 7.86. The van der Waals surface area contributed by atoms with Gasteiger partial charge in [0.05, 0.1) is 13.4 Å². The molecule has 28 heavy (non-hydrogen) atoms. The van der Waals surface area contributed by atoms with Gasteiger partial charge in [0.2, 0.25) is 0 Å². The summed E-state index contributed by atoms with van der Waals surface area (Å²) in [4.78, 5) is 15.9. The number of benzene rings is 2. The summed E-state index contributed by atoms with van der Waals surface area (Å²) in [5.74, 6) is 0.502. The lowest BCUT2D eigenvalue weighted by Gasteiger charge is -2.12. The van der Waals surface area contributed by atoms with E-state index in [1.54, 1.807) is 30.7 Å². The first kappa shape index (κ1) is 21.0. The van der Waals surface area contributed by atoms with Crippen LogP contribution in [0.25, 0.3) is 0 Å². The molecule has 0 fully saturated rings. The van der Waals surface area contributed by atoms with E-state index < -0.39 is 0 Å². The third kappa shape index (κ3) is 5.65. The first-order chi connectivity index (χ1) is 13.5. The highest BCUT2D eigenvalue weighted by atomic mass is 127. The molecule has 0 radical (unpaired) electrons. The van der Waals surface area contributed by atoms with Gasteiger partial charge in [0.15, 0.2) is 0 Å². The molecule has 0 aliphatic heterocycles. The lowest BCUT2D eigenvalue weighted by molar-refractivity contribution is 0.0955. The van der Waals surface area contributed by atoms with E-state index in [2.05, 4.69) is 60.7 Å². The van der Waals surface area contributed by atoms with E-state index in [9.17, 15) is 4.79 Å². The molecule has 0 aliphatic carbocycles. The van der Waals surface area contributed by atoms with Gasteiger partial charge in [-0.1, -0.05) is 29.8 Å². The minimum atomic E-state index is -0.289. The molecule has 0 unspecified atom stereocenters. The van der Waals surface area contributed by atoms with Crippen molar-refractivity contribution >= 4 is 68.9 Å². The highest BCUT2D eigenvalue weighted by Crippen LogP contribution is 2.30. The first-order valence-corrected chi connectivity index (χ1v) is 10.7. The molecule has 5 nitrogen and oxygen atoms in total. The number of rotatable bonds is 6. The lowest BCUT2D eigenvalue weighted by atomic mass is 10.2. The summed E-state index contributed by atoms with van der Waals surface area (Å²) in [6, 6.07) is 14.7. The van der Waals surface area contributed by atoms with E-state index in [-0.39, 0.29) is 5.91 Å². The predicted octanol–water partition coefficient (Wildman–Crippen LogP) is 5.29. The van der Waals surface area contributed by atoms with Crippen molar-refractivity contribution in [3.63, 3.8) is 0 Å². The first-order valence-electron chi connectivity index (χ1n) is 8.13. The maximum absolute atomic E-state index is 12.0. The molecule has 0 aliphatic rings. The number of aromatic nitrogens is 1. The highest BCUT2D eigenvalue weighted by molar-refractivity contribution is 14.1. The second kappa shape index (κ2) is 10.2. The van der Waals surface area contributed by atoms with Gasteiger partial charge in [-0.25, -0.2) is 5.43 Å². The van der Waals surface area contributed by atoms with E-state index in [0.717, 1.165) is 24.0 Å². The van der Waals surface area contributed by atoms with Gasteiger partial charge in [0.25, 0.3) is 5.91 Å². The predicted molar refractivity (Wildman–Crippen MR) is 127 cm³/mol. The lowest BCUT2D eigenvalue weighted by Crippen LogP contribution is -2.17. The van der Waals surface area contributed by atoms with Crippen LogP contribution >= 0.6 is 56.8 Å². The van der Waals surface area contributed by atoms with Gasteiger partial charge in [-0.15, -0.1) is 0 Å². The summed E-state index contributed by atoms with van der Waals surface area (Å²) in [5, 5.41) is 4.71. The summed E-state index contributed by atoms with van der Waals surface area (Å²) in [7, 11) is 0. The van der Waals surface area contributed by atoms with Crippen molar-refractivity contribution in [2.24, 2.45) is 5.10 Å². The fraction of sp³-hybridized carbons (Fsp3) is 0.0500. The number of halogens is 3. The Morgan fingerprint density at radius 3 is 2.50 bits per heavy atom. The largest absolute Gasteiger partial charge is 0.487 e. The van der Waals surface area contributed by atoms with Crippen LogP contribution in [0.15, 0.2) is 66.0 Å². The van der Waals surface area contributed by atoms with Gasteiger partial charge in [0, 0.05) is 28.5 Å². The second-order valence-corrected chi connectivity index (χ2v) is 8.36. The van der Waals surface area contributed by atoms with Crippen LogP contribution in [0.2, 0.25) is 5.02 Å². The number of hydrogen-bond donors (Lipinski definition) is 1. The smallest absolute Gasteiger partial charge is 0.271 e. The summed E-state index contributed by atoms with van der Waals surface area (Å²) in [5.41, 5.74) is 4.79. The molecule has 3 aromatic rings. The van der Waals surface area contributed by atoms with E-state index >= 15 is 0 Å². The van der Waals surface area contributed by atoms with Gasteiger partial charge in [0.1, 0.15) is 12.4 Å². The molecule has 8 heteroatoms. The minimum Gasteiger partial charge on any atom is -0.487 e. The Bertz CT molecular complexity index is 990. The van der Waals surface area contributed by atoms with E-state index in [0.29, 0.717) is 17.2 Å². The summed E-state index contributed by atoms with van der Waals surface area (Å²) in [6.45, 7) is 0.390. The molecule has 1 amide bonds.